The third-order valence-corrected chi connectivity index (χ3v) is 3.21. The van der Waals surface area contributed by atoms with Crippen molar-refractivity contribution in [3.63, 3.8) is 0 Å². The average Bonchev–Trinajstić information content (AvgIpc) is 2.51. The van der Waals surface area contributed by atoms with E-state index in [1.807, 2.05) is 11.4 Å². The molecule has 1 heterocycles. The van der Waals surface area contributed by atoms with E-state index in [1.54, 1.807) is 11.3 Å². The zero-order valence-corrected chi connectivity index (χ0v) is 9.44. The number of hydrogen-bond donors (Lipinski definition) is 3. The van der Waals surface area contributed by atoms with Gasteiger partial charge in [-0.05, 0) is 22.0 Å². The smallest absolute Gasteiger partial charge is 0.0895 e. The Balaban J connectivity index is 2.20. The summed E-state index contributed by atoms with van der Waals surface area (Å²) in [5, 5.41) is 22.6. The van der Waals surface area contributed by atoms with Crippen molar-refractivity contribution in [2.75, 3.05) is 13.2 Å². The van der Waals surface area contributed by atoms with Crippen LogP contribution < -0.4 is 5.32 Å². The van der Waals surface area contributed by atoms with Gasteiger partial charge in [0.1, 0.15) is 0 Å². The van der Waals surface area contributed by atoms with Gasteiger partial charge in [0, 0.05) is 27.8 Å². The van der Waals surface area contributed by atoms with Crippen LogP contribution in [0.15, 0.2) is 15.9 Å². The average molecular weight is 266 g/mol. The van der Waals surface area contributed by atoms with Crippen LogP contribution in [0.2, 0.25) is 0 Å². The Morgan fingerprint density at radius 3 is 2.92 bits per heavy atom. The number of aliphatic hydroxyl groups excluding tert-OH is 2. The maximum atomic E-state index is 9.02. The van der Waals surface area contributed by atoms with Crippen molar-refractivity contribution in [1.29, 1.82) is 0 Å². The largest absolute Gasteiger partial charge is 0.394 e. The summed E-state index contributed by atoms with van der Waals surface area (Å²) in [7, 11) is 0. The Labute approximate surface area is 89.5 Å². The molecule has 1 aromatic heterocycles. The molecule has 0 aliphatic heterocycles. The van der Waals surface area contributed by atoms with Gasteiger partial charge in [0.05, 0.1) is 12.7 Å². The van der Waals surface area contributed by atoms with Gasteiger partial charge < -0.3 is 15.5 Å². The number of thiophene rings is 1. The third-order valence-electron chi connectivity index (χ3n) is 1.51. The minimum atomic E-state index is -0.664. The summed E-state index contributed by atoms with van der Waals surface area (Å²) in [6.45, 7) is 0.959. The lowest BCUT2D eigenvalue weighted by molar-refractivity contribution is 0.0943. The predicted octanol–water partition coefficient (Wildman–Crippen LogP) is 0.953. The number of rotatable bonds is 5. The standard InChI is InChI=1S/C8H12BrNO2S/c9-6-1-8(13-5-6)3-10-2-7(12)4-11/h1,5,7,10-12H,2-4H2. The Morgan fingerprint density at radius 2 is 2.38 bits per heavy atom. The molecular formula is C8H12BrNO2S. The van der Waals surface area contributed by atoms with E-state index in [2.05, 4.69) is 21.2 Å². The molecule has 1 atom stereocenters. The van der Waals surface area contributed by atoms with Gasteiger partial charge >= 0.3 is 0 Å². The normalized spacial score (nSPS) is 13.2. The van der Waals surface area contributed by atoms with Crippen molar-refractivity contribution >= 4 is 27.3 Å². The van der Waals surface area contributed by atoms with Crippen LogP contribution in [0.4, 0.5) is 0 Å². The molecule has 0 fully saturated rings. The molecule has 0 saturated carbocycles. The van der Waals surface area contributed by atoms with Gasteiger partial charge in [-0.3, -0.25) is 0 Å². The second-order valence-corrected chi connectivity index (χ2v) is 4.61. The van der Waals surface area contributed by atoms with Crippen molar-refractivity contribution in [3.8, 4) is 0 Å². The molecule has 1 rings (SSSR count). The summed E-state index contributed by atoms with van der Waals surface area (Å²) in [6, 6.07) is 2.03. The Bertz CT molecular complexity index is 254. The topological polar surface area (TPSA) is 52.5 Å². The minimum absolute atomic E-state index is 0.193. The van der Waals surface area contributed by atoms with Crippen LogP contribution in [0.3, 0.4) is 0 Å². The quantitative estimate of drug-likeness (QED) is 0.744. The van der Waals surface area contributed by atoms with Crippen LogP contribution >= 0.6 is 27.3 Å². The van der Waals surface area contributed by atoms with Crippen LogP contribution in [0.5, 0.6) is 0 Å². The molecule has 0 aliphatic carbocycles. The second kappa shape index (κ2) is 5.72. The zero-order chi connectivity index (χ0) is 9.68. The summed E-state index contributed by atoms with van der Waals surface area (Å²) in [5.41, 5.74) is 0. The van der Waals surface area contributed by atoms with E-state index >= 15 is 0 Å². The lowest BCUT2D eigenvalue weighted by Crippen LogP contribution is -2.28. The highest BCUT2D eigenvalue weighted by Crippen LogP contribution is 2.19. The lowest BCUT2D eigenvalue weighted by atomic mass is 10.3. The molecule has 0 spiro atoms. The fourth-order valence-electron chi connectivity index (χ4n) is 0.873. The molecule has 3 nitrogen and oxygen atoms in total. The molecule has 0 aliphatic rings. The van der Waals surface area contributed by atoms with Crippen LogP contribution in [0, 0.1) is 0 Å². The summed E-state index contributed by atoms with van der Waals surface area (Å²) >= 11 is 5.02. The summed E-state index contributed by atoms with van der Waals surface area (Å²) in [4.78, 5) is 1.21. The van der Waals surface area contributed by atoms with E-state index in [0.29, 0.717) is 6.54 Å². The summed E-state index contributed by atoms with van der Waals surface area (Å²) in [5.74, 6) is 0. The molecule has 1 unspecified atom stereocenters. The molecular weight excluding hydrogens is 254 g/mol. The predicted molar refractivity (Wildman–Crippen MR) is 56.8 cm³/mol. The Hall–Kier alpha value is 0.0600. The maximum Gasteiger partial charge on any atom is 0.0895 e. The molecule has 0 amide bonds. The van der Waals surface area contributed by atoms with E-state index in [9.17, 15) is 0 Å². The number of halogens is 1. The number of hydrogen-bond acceptors (Lipinski definition) is 4. The van der Waals surface area contributed by atoms with Gasteiger partial charge in [-0.15, -0.1) is 11.3 Å². The lowest BCUT2D eigenvalue weighted by Gasteiger charge is -2.07. The minimum Gasteiger partial charge on any atom is -0.394 e. The first-order chi connectivity index (χ1) is 6.22. The molecule has 0 saturated heterocycles. The molecule has 5 heteroatoms. The van der Waals surface area contributed by atoms with Crippen LogP contribution in [-0.4, -0.2) is 29.5 Å². The Kier molecular flexibility index (Phi) is 4.90. The highest BCUT2D eigenvalue weighted by molar-refractivity contribution is 9.10. The van der Waals surface area contributed by atoms with Crippen molar-refractivity contribution < 1.29 is 10.2 Å². The fraction of sp³-hybridized carbons (Fsp3) is 0.500. The maximum absolute atomic E-state index is 9.02. The highest BCUT2D eigenvalue weighted by atomic mass is 79.9. The molecule has 0 aromatic carbocycles. The zero-order valence-electron chi connectivity index (χ0n) is 7.03. The van der Waals surface area contributed by atoms with E-state index in [1.165, 1.54) is 4.88 Å². The summed E-state index contributed by atoms with van der Waals surface area (Å²) in [6.07, 6.45) is -0.664. The second-order valence-electron chi connectivity index (χ2n) is 2.70. The van der Waals surface area contributed by atoms with E-state index in [-0.39, 0.29) is 6.61 Å². The van der Waals surface area contributed by atoms with E-state index in [0.717, 1.165) is 11.0 Å². The van der Waals surface area contributed by atoms with Gasteiger partial charge in [0.2, 0.25) is 0 Å². The Morgan fingerprint density at radius 1 is 1.62 bits per heavy atom. The third kappa shape index (κ3) is 4.19. The molecule has 1 aromatic rings. The fourth-order valence-corrected chi connectivity index (χ4v) is 2.29. The van der Waals surface area contributed by atoms with Crippen molar-refractivity contribution in [2.24, 2.45) is 0 Å². The van der Waals surface area contributed by atoms with E-state index in [4.69, 9.17) is 10.2 Å². The number of nitrogens with one attached hydrogen (secondary N) is 1. The van der Waals surface area contributed by atoms with Gasteiger partial charge in [0.25, 0.3) is 0 Å². The van der Waals surface area contributed by atoms with E-state index < -0.39 is 6.10 Å². The first-order valence-corrected chi connectivity index (χ1v) is 5.62. The van der Waals surface area contributed by atoms with Crippen molar-refractivity contribution in [1.82, 2.24) is 5.32 Å². The van der Waals surface area contributed by atoms with Gasteiger partial charge in [-0.1, -0.05) is 0 Å². The van der Waals surface area contributed by atoms with Gasteiger partial charge in [-0.25, -0.2) is 0 Å². The molecule has 13 heavy (non-hydrogen) atoms. The van der Waals surface area contributed by atoms with Crippen molar-refractivity contribution in [2.45, 2.75) is 12.6 Å². The SMILES string of the molecule is OCC(O)CNCc1cc(Br)cs1. The van der Waals surface area contributed by atoms with Crippen LogP contribution in [0.25, 0.3) is 0 Å². The first-order valence-electron chi connectivity index (χ1n) is 3.95. The van der Waals surface area contributed by atoms with Crippen LogP contribution in [0.1, 0.15) is 4.88 Å². The molecule has 3 N–H and O–H groups in total. The monoisotopic (exact) mass is 265 g/mol. The van der Waals surface area contributed by atoms with Gasteiger partial charge in [0.15, 0.2) is 0 Å². The van der Waals surface area contributed by atoms with Crippen LogP contribution in [-0.2, 0) is 6.54 Å². The van der Waals surface area contributed by atoms with Crippen molar-refractivity contribution in [3.05, 3.63) is 20.8 Å². The summed E-state index contributed by atoms with van der Waals surface area (Å²) < 4.78 is 1.08. The molecule has 74 valence electrons. The highest BCUT2D eigenvalue weighted by Gasteiger charge is 2.01. The van der Waals surface area contributed by atoms with Gasteiger partial charge in [-0.2, -0.15) is 0 Å². The molecule has 0 radical (unpaired) electrons. The molecule has 0 bridgehead atoms. The first kappa shape index (κ1) is 11.1. The number of aliphatic hydroxyl groups is 2.